The van der Waals surface area contributed by atoms with E-state index < -0.39 is 17.7 Å². The molecule has 1 aromatic carbocycles. The third kappa shape index (κ3) is 3.48. The number of nitrogens with one attached hydrogen (secondary N) is 1. The van der Waals surface area contributed by atoms with Crippen LogP contribution in [0, 0.1) is 11.6 Å². The minimum absolute atomic E-state index is 0.121. The van der Waals surface area contributed by atoms with Gasteiger partial charge in [0.15, 0.2) is 0 Å². The molecule has 100 valence electrons. The second kappa shape index (κ2) is 6.22. The highest BCUT2D eigenvalue weighted by Crippen LogP contribution is 2.18. The molecule has 1 heterocycles. The topological polar surface area (TPSA) is 41.5 Å². The van der Waals surface area contributed by atoms with Crippen molar-refractivity contribution < 1.29 is 18.6 Å². The highest BCUT2D eigenvalue weighted by atomic mass is 19.1. The van der Waals surface area contributed by atoms with Gasteiger partial charge in [-0.05, 0) is 18.9 Å². The summed E-state index contributed by atoms with van der Waals surface area (Å²) in [5.41, 5.74) is 0.121. The molecule has 0 radical (unpaired) electrons. The molecule has 1 atom stereocenters. The van der Waals surface area contributed by atoms with Gasteiger partial charge < -0.3 is 15.2 Å². The Hall–Kier alpha value is -1.04. The Morgan fingerprint density at radius 3 is 2.72 bits per heavy atom. The van der Waals surface area contributed by atoms with Crippen LogP contribution in [0.3, 0.4) is 0 Å². The lowest BCUT2D eigenvalue weighted by Gasteiger charge is -2.24. The first-order valence-electron chi connectivity index (χ1n) is 6.11. The number of halogens is 2. The molecule has 0 spiro atoms. The van der Waals surface area contributed by atoms with Crippen molar-refractivity contribution in [3.8, 4) is 0 Å². The second-order valence-electron chi connectivity index (χ2n) is 4.48. The highest BCUT2D eigenvalue weighted by Gasteiger charge is 2.17. The average molecular weight is 257 g/mol. The summed E-state index contributed by atoms with van der Waals surface area (Å²) >= 11 is 0. The Morgan fingerprint density at radius 1 is 1.33 bits per heavy atom. The van der Waals surface area contributed by atoms with Gasteiger partial charge in [-0.25, -0.2) is 8.78 Å². The summed E-state index contributed by atoms with van der Waals surface area (Å²) in [6.45, 7) is 1.67. The van der Waals surface area contributed by atoms with Crippen LogP contribution >= 0.6 is 0 Å². The lowest BCUT2D eigenvalue weighted by atomic mass is 10.1. The van der Waals surface area contributed by atoms with Gasteiger partial charge in [0.05, 0.1) is 6.10 Å². The first-order valence-corrected chi connectivity index (χ1v) is 6.11. The van der Waals surface area contributed by atoms with Gasteiger partial charge in [0, 0.05) is 37.4 Å². The van der Waals surface area contributed by atoms with Crippen LogP contribution in [0.25, 0.3) is 0 Å². The maximum atomic E-state index is 13.4. The SMILES string of the molecule is OC(CNC1CCOCC1)c1ccc(F)cc1F. The van der Waals surface area contributed by atoms with Gasteiger partial charge in [-0.3, -0.25) is 0 Å². The molecule has 0 aliphatic carbocycles. The fraction of sp³-hybridized carbons (Fsp3) is 0.538. The van der Waals surface area contributed by atoms with Crippen LogP contribution in [0.1, 0.15) is 24.5 Å². The summed E-state index contributed by atoms with van der Waals surface area (Å²) in [5.74, 6) is -1.35. The molecule has 1 fully saturated rings. The molecular formula is C13H17F2NO2. The summed E-state index contributed by atoms with van der Waals surface area (Å²) in [6.07, 6.45) is 0.811. The fourth-order valence-electron chi connectivity index (χ4n) is 2.06. The number of hydrogen-bond acceptors (Lipinski definition) is 3. The van der Waals surface area contributed by atoms with E-state index in [1.165, 1.54) is 6.07 Å². The smallest absolute Gasteiger partial charge is 0.131 e. The zero-order valence-electron chi connectivity index (χ0n) is 10.0. The monoisotopic (exact) mass is 257 g/mol. The van der Waals surface area contributed by atoms with Crippen LogP contribution in [0.2, 0.25) is 0 Å². The molecule has 0 saturated carbocycles. The van der Waals surface area contributed by atoms with Crippen molar-refractivity contribution in [1.82, 2.24) is 5.32 Å². The lowest BCUT2D eigenvalue weighted by Crippen LogP contribution is -2.37. The van der Waals surface area contributed by atoms with E-state index in [9.17, 15) is 13.9 Å². The van der Waals surface area contributed by atoms with E-state index in [1.54, 1.807) is 0 Å². The maximum Gasteiger partial charge on any atom is 0.131 e. The van der Waals surface area contributed by atoms with Crippen LogP contribution in [0.15, 0.2) is 18.2 Å². The second-order valence-corrected chi connectivity index (χ2v) is 4.48. The van der Waals surface area contributed by atoms with Crippen molar-refractivity contribution >= 4 is 0 Å². The number of aliphatic hydroxyl groups is 1. The molecule has 1 aromatic rings. The van der Waals surface area contributed by atoms with Crippen LogP contribution in [-0.2, 0) is 4.74 Å². The van der Waals surface area contributed by atoms with Crippen molar-refractivity contribution in [1.29, 1.82) is 0 Å². The third-order valence-corrected chi connectivity index (χ3v) is 3.14. The van der Waals surface area contributed by atoms with Gasteiger partial charge in [0.25, 0.3) is 0 Å². The van der Waals surface area contributed by atoms with Crippen molar-refractivity contribution in [3.05, 3.63) is 35.4 Å². The Labute approximate surface area is 105 Å². The zero-order valence-corrected chi connectivity index (χ0v) is 10.0. The predicted octanol–water partition coefficient (Wildman–Crippen LogP) is 1.77. The molecule has 2 N–H and O–H groups in total. The van der Waals surface area contributed by atoms with Gasteiger partial charge in [0.1, 0.15) is 11.6 Å². The minimum Gasteiger partial charge on any atom is -0.387 e. The largest absolute Gasteiger partial charge is 0.387 e. The minimum atomic E-state index is -0.964. The van der Waals surface area contributed by atoms with E-state index in [0.29, 0.717) is 13.2 Å². The predicted molar refractivity (Wildman–Crippen MR) is 63.2 cm³/mol. The van der Waals surface area contributed by atoms with Crippen LogP contribution in [-0.4, -0.2) is 30.9 Å². The Bertz CT molecular complexity index is 395. The van der Waals surface area contributed by atoms with Crippen LogP contribution in [0.4, 0.5) is 8.78 Å². The number of benzene rings is 1. The zero-order chi connectivity index (χ0) is 13.0. The summed E-state index contributed by atoms with van der Waals surface area (Å²) < 4.78 is 31.4. The maximum absolute atomic E-state index is 13.4. The van der Waals surface area contributed by atoms with Crippen LogP contribution < -0.4 is 5.32 Å². The fourth-order valence-corrected chi connectivity index (χ4v) is 2.06. The van der Waals surface area contributed by atoms with E-state index in [0.717, 1.165) is 25.0 Å². The summed E-state index contributed by atoms with van der Waals surface area (Å²) in [4.78, 5) is 0. The van der Waals surface area contributed by atoms with Crippen molar-refractivity contribution in [2.75, 3.05) is 19.8 Å². The van der Waals surface area contributed by atoms with Crippen molar-refractivity contribution in [2.24, 2.45) is 0 Å². The Morgan fingerprint density at radius 2 is 2.06 bits per heavy atom. The quantitative estimate of drug-likeness (QED) is 0.863. The number of ether oxygens (including phenoxy) is 1. The van der Waals surface area contributed by atoms with Gasteiger partial charge >= 0.3 is 0 Å². The molecule has 18 heavy (non-hydrogen) atoms. The van der Waals surface area contributed by atoms with E-state index in [2.05, 4.69) is 5.32 Å². The van der Waals surface area contributed by atoms with Gasteiger partial charge in [0.2, 0.25) is 0 Å². The van der Waals surface area contributed by atoms with Crippen molar-refractivity contribution in [3.63, 3.8) is 0 Å². The average Bonchev–Trinajstić information content (AvgIpc) is 2.37. The first kappa shape index (κ1) is 13.4. The first-order chi connectivity index (χ1) is 8.66. The highest BCUT2D eigenvalue weighted by molar-refractivity contribution is 5.21. The molecule has 0 bridgehead atoms. The third-order valence-electron chi connectivity index (χ3n) is 3.14. The molecule has 1 aliphatic heterocycles. The van der Waals surface area contributed by atoms with Gasteiger partial charge in [-0.15, -0.1) is 0 Å². The molecule has 1 unspecified atom stereocenters. The number of rotatable bonds is 4. The molecule has 0 amide bonds. The molecular weight excluding hydrogens is 240 g/mol. The molecule has 0 aromatic heterocycles. The van der Waals surface area contributed by atoms with E-state index in [1.807, 2.05) is 0 Å². The number of aliphatic hydroxyl groups excluding tert-OH is 1. The Balaban J connectivity index is 1.88. The molecule has 5 heteroatoms. The van der Waals surface area contributed by atoms with Gasteiger partial charge in [-0.1, -0.05) is 6.07 Å². The molecule has 1 aliphatic rings. The standard InChI is InChI=1S/C13H17F2NO2/c14-9-1-2-11(12(15)7-9)13(17)8-16-10-3-5-18-6-4-10/h1-2,7,10,13,16-17H,3-6,8H2. The number of hydrogen-bond donors (Lipinski definition) is 2. The summed E-state index contributed by atoms with van der Waals surface area (Å²) in [6, 6.07) is 3.50. The molecule has 3 nitrogen and oxygen atoms in total. The van der Waals surface area contributed by atoms with Crippen molar-refractivity contribution in [2.45, 2.75) is 25.0 Å². The summed E-state index contributed by atoms with van der Waals surface area (Å²) in [7, 11) is 0. The molecule has 1 saturated heterocycles. The normalized spacial score (nSPS) is 18.8. The lowest BCUT2D eigenvalue weighted by molar-refractivity contribution is 0.0721. The summed E-state index contributed by atoms with van der Waals surface area (Å²) in [5, 5.41) is 13.0. The Kier molecular flexibility index (Phi) is 4.63. The van der Waals surface area contributed by atoms with E-state index in [-0.39, 0.29) is 18.2 Å². The van der Waals surface area contributed by atoms with Crippen LogP contribution in [0.5, 0.6) is 0 Å². The van der Waals surface area contributed by atoms with E-state index in [4.69, 9.17) is 4.74 Å². The van der Waals surface area contributed by atoms with Gasteiger partial charge in [-0.2, -0.15) is 0 Å². The van der Waals surface area contributed by atoms with E-state index >= 15 is 0 Å². The molecule has 2 rings (SSSR count).